The van der Waals surface area contributed by atoms with E-state index in [0.717, 1.165) is 11.1 Å². The van der Waals surface area contributed by atoms with Crippen LogP contribution in [0.3, 0.4) is 0 Å². The number of carbonyl (C=O) groups is 3. The second-order valence-electron chi connectivity index (χ2n) is 14.4. The molecule has 0 aromatic heterocycles. The Bertz CT molecular complexity index is 1850. The van der Waals surface area contributed by atoms with Gasteiger partial charge in [0.05, 0.1) is 25.6 Å². The quantitative estimate of drug-likeness (QED) is 0.149. The number of halogens is 1. The topological polar surface area (TPSA) is 127 Å². The molecule has 2 saturated heterocycles. The molecule has 2 heterocycles. The van der Waals surface area contributed by atoms with Gasteiger partial charge >= 0.3 is 11.9 Å². The summed E-state index contributed by atoms with van der Waals surface area (Å²) in [5.74, 6) is -3.62. The zero-order valence-electron chi connectivity index (χ0n) is 28.7. The number of rotatable bonds is 9. The van der Waals surface area contributed by atoms with Crippen molar-refractivity contribution in [3.05, 3.63) is 92.6 Å². The van der Waals surface area contributed by atoms with E-state index in [1.165, 1.54) is 14.0 Å². The number of aliphatic hydroxyl groups is 1. The van der Waals surface area contributed by atoms with Crippen LogP contribution in [0.2, 0.25) is 0 Å². The van der Waals surface area contributed by atoms with Crippen LogP contribution in [-0.2, 0) is 46.2 Å². The number of esters is 2. The first-order valence-electron chi connectivity index (χ1n) is 16.8. The molecule has 3 aliphatic carbocycles. The third-order valence-corrected chi connectivity index (χ3v) is 12.1. The Balaban J connectivity index is 1.23. The molecule has 50 heavy (non-hydrogen) atoms. The van der Waals surface area contributed by atoms with Crippen molar-refractivity contribution in [1.82, 2.24) is 0 Å². The molecule has 1 N–H and O–H groups in total. The van der Waals surface area contributed by atoms with Crippen LogP contribution in [0.25, 0.3) is 0 Å². The first-order chi connectivity index (χ1) is 23.7. The van der Waals surface area contributed by atoms with Gasteiger partial charge in [0.25, 0.3) is 5.97 Å². The lowest BCUT2D eigenvalue weighted by Crippen LogP contribution is -2.70. The Morgan fingerprint density at radius 1 is 1.10 bits per heavy atom. The highest BCUT2D eigenvalue weighted by atomic mass is 127. The molecule has 0 radical (unpaired) electrons. The Hall–Kier alpha value is -3.36. The number of carbonyl (C=O) groups excluding carboxylic acids is 3. The molecule has 3 bridgehead atoms. The largest absolute Gasteiger partial charge is 0.493 e. The van der Waals surface area contributed by atoms with E-state index in [1.54, 1.807) is 19.1 Å². The lowest BCUT2D eigenvalue weighted by Gasteiger charge is -2.59. The van der Waals surface area contributed by atoms with Crippen LogP contribution in [0, 0.1) is 21.3 Å². The van der Waals surface area contributed by atoms with Crippen molar-refractivity contribution in [1.29, 1.82) is 0 Å². The highest BCUT2D eigenvalue weighted by Crippen LogP contribution is 2.68. The maximum Gasteiger partial charge on any atom is 0.310 e. The molecule has 2 aromatic carbocycles. The molecule has 7 rings (SSSR count). The van der Waals surface area contributed by atoms with Gasteiger partial charge in [0.15, 0.2) is 17.3 Å². The zero-order chi connectivity index (χ0) is 35.8. The maximum atomic E-state index is 13.9. The van der Waals surface area contributed by atoms with E-state index in [0.29, 0.717) is 38.9 Å². The summed E-state index contributed by atoms with van der Waals surface area (Å²) in [6.07, 6.45) is 4.04. The van der Waals surface area contributed by atoms with Crippen LogP contribution in [0.4, 0.5) is 0 Å². The molecule has 264 valence electrons. The average Bonchev–Trinajstić information content (AvgIpc) is 3.36. The van der Waals surface area contributed by atoms with Gasteiger partial charge in [-0.05, 0) is 88.8 Å². The number of hydrogen-bond donors (Lipinski definition) is 1. The molecule has 0 amide bonds. The van der Waals surface area contributed by atoms with Crippen molar-refractivity contribution in [2.24, 2.45) is 17.8 Å². The molecule has 11 heteroatoms. The Morgan fingerprint density at radius 3 is 2.52 bits per heavy atom. The fourth-order valence-electron chi connectivity index (χ4n) is 8.98. The van der Waals surface area contributed by atoms with Gasteiger partial charge in [-0.3, -0.25) is 14.4 Å². The van der Waals surface area contributed by atoms with Gasteiger partial charge < -0.3 is 33.5 Å². The number of ketones is 1. The normalized spacial score (nSPS) is 35.0. The predicted octanol–water partition coefficient (Wildman–Crippen LogP) is 5.57. The highest BCUT2D eigenvalue weighted by Gasteiger charge is 2.79. The molecule has 8 atom stereocenters. The van der Waals surface area contributed by atoms with E-state index >= 15 is 0 Å². The van der Waals surface area contributed by atoms with Gasteiger partial charge in [0.1, 0.15) is 23.9 Å². The van der Waals surface area contributed by atoms with Crippen molar-refractivity contribution >= 4 is 40.3 Å². The van der Waals surface area contributed by atoms with Crippen LogP contribution < -0.4 is 9.47 Å². The number of hydrogen-bond acceptors (Lipinski definition) is 10. The number of methoxy groups -OCH3 is 1. The number of fused-ring (bicyclic) bond motifs is 2. The number of benzene rings is 2. The summed E-state index contributed by atoms with van der Waals surface area (Å²) in [7, 11) is 1.45. The van der Waals surface area contributed by atoms with Crippen LogP contribution in [0.15, 0.2) is 77.9 Å². The summed E-state index contributed by atoms with van der Waals surface area (Å²) in [5, 5.41) is 12.5. The minimum absolute atomic E-state index is 0.0340. The van der Waals surface area contributed by atoms with E-state index in [4.69, 9.17) is 28.4 Å². The van der Waals surface area contributed by atoms with Gasteiger partial charge in [-0.1, -0.05) is 56.0 Å². The standard InChI is InChI=1S/C39H41IO10/c1-21(2)37-17-23(4)39-28(35(37)48-38(49-37,50-39)19-25-10-8-7-9-11-25)13-26(18-36(44)32(39)12-22(3)34(36)43)20-46-33(42)15-27-14-30(45-6)31(16-29(27)40)47-24(5)41/h7-14,16,23,28,32,35,44H,1,15,17-20H2,2-6H3/t23-,28+,32-,35+,36-,37-,38?,39-/m1/s1/i40+0. The molecule has 0 spiro atoms. The fraction of sp³-hybridized carbons (Fsp3) is 0.462. The molecule has 1 unspecified atom stereocenters. The van der Waals surface area contributed by atoms with Crippen molar-refractivity contribution in [2.75, 3.05) is 13.7 Å². The lowest BCUT2D eigenvalue weighted by atomic mass is 9.55. The Kier molecular flexibility index (Phi) is 8.70. The van der Waals surface area contributed by atoms with Crippen molar-refractivity contribution in [3.8, 4) is 11.5 Å². The summed E-state index contributed by atoms with van der Waals surface area (Å²) in [5.41, 5.74) is -0.325. The zero-order valence-corrected chi connectivity index (χ0v) is 30.9. The van der Waals surface area contributed by atoms with Crippen LogP contribution in [0.5, 0.6) is 11.5 Å². The Labute approximate surface area is 304 Å². The third kappa shape index (κ3) is 5.39. The van der Waals surface area contributed by atoms with Crippen LogP contribution in [0.1, 0.15) is 51.7 Å². The van der Waals surface area contributed by atoms with E-state index < -0.39 is 52.7 Å². The minimum Gasteiger partial charge on any atom is -0.493 e. The summed E-state index contributed by atoms with van der Waals surface area (Å²) >= 11 is 2.07. The smallest absolute Gasteiger partial charge is 0.310 e. The molecular formula is C39H41IO10. The first kappa shape index (κ1) is 35.1. The second-order valence-corrected chi connectivity index (χ2v) is 15.5. The van der Waals surface area contributed by atoms with Crippen molar-refractivity contribution in [3.63, 3.8) is 0 Å². The summed E-state index contributed by atoms with van der Waals surface area (Å²) in [4.78, 5) is 38.7. The third-order valence-electron chi connectivity index (χ3n) is 11.1. The van der Waals surface area contributed by atoms with Gasteiger partial charge in [0, 0.05) is 28.8 Å². The van der Waals surface area contributed by atoms with Gasteiger partial charge in [-0.2, -0.15) is 0 Å². The fourth-order valence-corrected chi connectivity index (χ4v) is 9.60. The van der Waals surface area contributed by atoms with Crippen molar-refractivity contribution < 1.29 is 47.9 Å². The number of Topliss-reactive ketones (excluding diaryl/α,β-unsaturated/α-hetero) is 1. The second kappa shape index (κ2) is 12.4. The molecule has 3 fully saturated rings. The van der Waals surface area contributed by atoms with E-state index in [-0.39, 0.29) is 36.9 Å². The van der Waals surface area contributed by atoms with Gasteiger partial charge in [-0.15, -0.1) is 0 Å². The SMILES string of the molecule is C=C(C)[C@]12C[C@@H](C)[C@@]34OC(Cc5ccccc5)(O[C@H]1[C@@H]3C=C(COC(=O)Cc1cc(OC)c(OC(C)=O)cc1[127I])C[C@]1(O)C(=O)C(C)=C[C@@H]41)O2. The average molecular weight is 797 g/mol. The molecule has 10 nitrogen and oxygen atoms in total. The molecule has 2 aliphatic heterocycles. The van der Waals surface area contributed by atoms with Gasteiger partial charge in [-0.25, -0.2) is 0 Å². The van der Waals surface area contributed by atoms with Crippen LogP contribution in [-0.4, -0.2) is 65.4 Å². The van der Waals surface area contributed by atoms with E-state index in [9.17, 15) is 19.5 Å². The van der Waals surface area contributed by atoms with Crippen molar-refractivity contribution in [2.45, 2.75) is 82.3 Å². The molecule has 2 aromatic rings. The molecular weight excluding hydrogens is 755 g/mol. The number of ether oxygens (including phenoxy) is 6. The van der Waals surface area contributed by atoms with E-state index in [2.05, 4.69) is 36.1 Å². The van der Waals surface area contributed by atoms with Crippen LogP contribution >= 0.6 is 22.6 Å². The molecule has 1 saturated carbocycles. The van der Waals surface area contributed by atoms with Gasteiger partial charge in [0.2, 0.25) is 0 Å². The summed E-state index contributed by atoms with van der Waals surface area (Å²) in [6.45, 7) is 11.3. The summed E-state index contributed by atoms with van der Waals surface area (Å²) in [6, 6.07) is 13.1. The maximum absolute atomic E-state index is 13.9. The highest BCUT2D eigenvalue weighted by molar-refractivity contribution is 14.1. The molecule has 5 aliphatic rings. The predicted molar refractivity (Wildman–Crippen MR) is 189 cm³/mol. The Morgan fingerprint density at radius 2 is 1.84 bits per heavy atom. The summed E-state index contributed by atoms with van der Waals surface area (Å²) < 4.78 is 38.1. The first-order valence-corrected chi connectivity index (χ1v) is 17.9. The van der Waals surface area contributed by atoms with E-state index in [1.807, 2.05) is 49.4 Å². The lowest BCUT2D eigenvalue weighted by molar-refractivity contribution is -0.421. The monoisotopic (exact) mass is 796 g/mol. The minimum atomic E-state index is -1.82.